The molecule has 2 aromatic heterocycles. The van der Waals surface area contributed by atoms with Gasteiger partial charge in [0.15, 0.2) is 0 Å². The van der Waals surface area contributed by atoms with Gasteiger partial charge in [0.2, 0.25) is 0 Å². The summed E-state index contributed by atoms with van der Waals surface area (Å²) in [5.74, 6) is -0.243. The molecule has 11 aromatic rings. The smallest absolute Gasteiger partial charge is 0.135 e. The van der Waals surface area contributed by atoms with Gasteiger partial charge in [0.1, 0.15) is 17.0 Å². The molecule has 56 heavy (non-hydrogen) atoms. The zero-order chi connectivity index (χ0) is 37.2. The Bertz CT molecular complexity index is 3280. The second-order valence-corrected chi connectivity index (χ2v) is 15.3. The van der Waals surface area contributed by atoms with Crippen LogP contribution in [0.5, 0.6) is 0 Å². The first-order chi connectivity index (χ1) is 27.7. The molecule has 2 heterocycles. The molecule has 0 amide bonds. The molecule has 4 heteroatoms. The van der Waals surface area contributed by atoms with E-state index < -0.39 is 0 Å². The van der Waals surface area contributed by atoms with Gasteiger partial charge >= 0.3 is 0 Å². The molecule has 9 aromatic carbocycles. The highest BCUT2D eigenvalue weighted by atomic mass is 32.1. The Labute approximate surface area is 326 Å². The molecule has 0 fully saturated rings. The first kappa shape index (κ1) is 32.4. The van der Waals surface area contributed by atoms with Crippen LogP contribution in [0.25, 0.3) is 86.3 Å². The molecule has 0 unspecified atom stereocenters. The topological polar surface area (TPSA) is 16.4 Å². The van der Waals surface area contributed by atoms with E-state index in [2.05, 4.69) is 163 Å². The molecular weight excluding hydrogens is 706 g/mol. The first-order valence-corrected chi connectivity index (χ1v) is 19.6. The van der Waals surface area contributed by atoms with Crippen LogP contribution in [0, 0.1) is 5.82 Å². The Morgan fingerprint density at radius 3 is 1.93 bits per heavy atom. The van der Waals surface area contributed by atoms with Crippen molar-refractivity contribution >= 4 is 81.3 Å². The number of halogens is 1. The number of furan rings is 1. The molecule has 264 valence electrons. The molecule has 0 saturated carbocycles. The summed E-state index contributed by atoms with van der Waals surface area (Å²) >= 11 is 1.84. The molecule has 0 spiro atoms. The van der Waals surface area contributed by atoms with Crippen molar-refractivity contribution in [3.63, 3.8) is 0 Å². The number of hydrogen-bond acceptors (Lipinski definition) is 3. The number of fused-ring (bicyclic) bond motifs is 7. The molecule has 0 aliphatic rings. The predicted octanol–water partition coefficient (Wildman–Crippen LogP) is 15.7. The molecular formula is C52H32FNOS. The van der Waals surface area contributed by atoms with Gasteiger partial charge in [0.05, 0.1) is 5.69 Å². The third-order valence-electron chi connectivity index (χ3n) is 10.9. The Kier molecular flexibility index (Phi) is 7.58. The molecule has 0 radical (unpaired) electrons. The van der Waals surface area contributed by atoms with E-state index >= 15 is 0 Å². The maximum atomic E-state index is 14.1. The first-order valence-electron chi connectivity index (χ1n) is 18.8. The van der Waals surface area contributed by atoms with Gasteiger partial charge in [-0.1, -0.05) is 127 Å². The molecule has 0 aliphatic carbocycles. The van der Waals surface area contributed by atoms with Gasteiger partial charge < -0.3 is 9.32 Å². The van der Waals surface area contributed by atoms with E-state index in [4.69, 9.17) is 4.42 Å². The van der Waals surface area contributed by atoms with Gasteiger partial charge in [-0.25, -0.2) is 4.39 Å². The SMILES string of the molecule is Fc1ccc(-c2cccc3cccc(-c4cccc(N(c5ccc6oc7ccccc7c6c5)c5ccccc5-c5cccc6sc7ccccc7c56)c4)c23)cc1. The minimum Gasteiger partial charge on any atom is -0.456 e. The second kappa shape index (κ2) is 13.1. The van der Waals surface area contributed by atoms with E-state index in [-0.39, 0.29) is 5.82 Å². The largest absolute Gasteiger partial charge is 0.456 e. The van der Waals surface area contributed by atoms with Crippen molar-refractivity contribution in [1.82, 2.24) is 0 Å². The van der Waals surface area contributed by atoms with E-state index in [1.54, 1.807) is 0 Å². The third kappa shape index (κ3) is 5.30. The summed E-state index contributed by atoms with van der Waals surface area (Å²) in [5.41, 5.74) is 11.5. The van der Waals surface area contributed by atoms with Crippen molar-refractivity contribution in [3.05, 3.63) is 200 Å². The van der Waals surface area contributed by atoms with Crippen LogP contribution in [0.3, 0.4) is 0 Å². The van der Waals surface area contributed by atoms with Crippen LogP contribution in [0.2, 0.25) is 0 Å². The lowest BCUT2D eigenvalue weighted by Gasteiger charge is -2.28. The highest BCUT2D eigenvalue weighted by molar-refractivity contribution is 7.25. The van der Waals surface area contributed by atoms with Gasteiger partial charge in [-0.3, -0.25) is 0 Å². The Morgan fingerprint density at radius 1 is 0.411 bits per heavy atom. The lowest BCUT2D eigenvalue weighted by molar-refractivity contribution is 0.628. The molecule has 0 atom stereocenters. The number of anilines is 3. The van der Waals surface area contributed by atoms with Crippen molar-refractivity contribution in [2.75, 3.05) is 4.90 Å². The van der Waals surface area contributed by atoms with Crippen LogP contribution in [-0.4, -0.2) is 0 Å². The molecule has 0 bridgehead atoms. The quantitative estimate of drug-likeness (QED) is 0.169. The van der Waals surface area contributed by atoms with Crippen molar-refractivity contribution in [2.24, 2.45) is 0 Å². The van der Waals surface area contributed by atoms with E-state index in [1.807, 2.05) is 35.6 Å². The van der Waals surface area contributed by atoms with Gasteiger partial charge in [0, 0.05) is 47.9 Å². The minimum atomic E-state index is -0.243. The summed E-state index contributed by atoms with van der Waals surface area (Å²) in [7, 11) is 0. The second-order valence-electron chi connectivity index (χ2n) is 14.2. The fourth-order valence-electron chi connectivity index (χ4n) is 8.44. The Hall–Kier alpha value is -7.01. The number of para-hydroxylation sites is 2. The summed E-state index contributed by atoms with van der Waals surface area (Å²) in [6.07, 6.45) is 0. The summed E-state index contributed by atoms with van der Waals surface area (Å²) in [4.78, 5) is 2.39. The van der Waals surface area contributed by atoms with E-state index in [9.17, 15) is 4.39 Å². The van der Waals surface area contributed by atoms with Crippen molar-refractivity contribution in [2.45, 2.75) is 0 Å². The Balaban J connectivity index is 1.16. The number of benzene rings is 9. The highest BCUT2D eigenvalue weighted by Crippen LogP contribution is 2.47. The number of rotatable bonds is 6. The molecule has 2 nitrogen and oxygen atoms in total. The summed E-state index contributed by atoms with van der Waals surface area (Å²) in [5, 5.41) is 6.96. The maximum Gasteiger partial charge on any atom is 0.135 e. The number of nitrogens with zero attached hydrogens (tertiary/aromatic N) is 1. The third-order valence-corrected chi connectivity index (χ3v) is 12.1. The minimum absolute atomic E-state index is 0.243. The van der Waals surface area contributed by atoms with Crippen molar-refractivity contribution in [3.8, 4) is 33.4 Å². The normalized spacial score (nSPS) is 11.7. The zero-order valence-electron chi connectivity index (χ0n) is 30.1. The fraction of sp³-hybridized carbons (Fsp3) is 0. The zero-order valence-corrected chi connectivity index (χ0v) is 30.9. The van der Waals surface area contributed by atoms with Gasteiger partial charge in [-0.15, -0.1) is 11.3 Å². The summed E-state index contributed by atoms with van der Waals surface area (Å²) < 4.78 is 22.9. The van der Waals surface area contributed by atoms with Crippen LogP contribution in [0.4, 0.5) is 21.5 Å². The van der Waals surface area contributed by atoms with Crippen molar-refractivity contribution in [1.29, 1.82) is 0 Å². The van der Waals surface area contributed by atoms with Crippen LogP contribution < -0.4 is 4.90 Å². The average Bonchev–Trinajstić information content (AvgIpc) is 3.82. The van der Waals surface area contributed by atoms with Crippen LogP contribution in [-0.2, 0) is 0 Å². The lowest BCUT2D eigenvalue weighted by atomic mass is 9.91. The average molecular weight is 738 g/mol. The van der Waals surface area contributed by atoms with E-state index in [1.165, 1.54) is 37.9 Å². The lowest BCUT2D eigenvalue weighted by Crippen LogP contribution is -2.11. The number of hydrogen-bond donors (Lipinski definition) is 0. The monoisotopic (exact) mass is 737 g/mol. The van der Waals surface area contributed by atoms with Crippen LogP contribution in [0.15, 0.2) is 199 Å². The van der Waals surface area contributed by atoms with Crippen LogP contribution in [0.1, 0.15) is 0 Å². The Morgan fingerprint density at radius 2 is 1.05 bits per heavy atom. The van der Waals surface area contributed by atoms with E-state index in [0.717, 1.165) is 77.6 Å². The molecule has 0 aliphatic heterocycles. The molecule has 11 rings (SSSR count). The molecule has 0 saturated heterocycles. The van der Waals surface area contributed by atoms with Gasteiger partial charge in [-0.2, -0.15) is 0 Å². The summed E-state index contributed by atoms with van der Waals surface area (Å²) in [6.45, 7) is 0. The standard InChI is InChI=1S/C52H32FNOS/c53-36-27-25-33(26-28-36)39-18-8-11-34-12-9-19-40(51(34)39)35-13-7-14-37(31-35)54(38-29-30-48-45(32-38)42-16-2-5-22-47(42)55-48)46-21-4-1-15-41(46)43-20-10-24-50-52(43)44-17-3-6-23-49(44)56-50/h1-32H. The highest BCUT2D eigenvalue weighted by Gasteiger charge is 2.22. The maximum absolute atomic E-state index is 14.1. The summed E-state index contributed by atoms with van der Waals surface area (Å²) in [6, 6.07) is 67.3. The van der Waals surface area contributed by atoms with E-state index in [0.29, 0.717) is 0 Å². The fourth-order valence-corrected chi connectivity index (χ4v) is 9.57. The van der Waals surface area contributed by atoms with Gasteiger partial charge in [0.25, 0.3) is 0 Å². The van der Waals surface area contributed by atoms with Gasteiger partial charge in [-0.05, 0) is 105 Å². The predicted molar refractivity (Wildman–Crippen MR) is 235 cm³/mol. The molecule has 0 N–H and O–H groups in total. The van der Waals surface area contributed by atoms with Crippen LogP contribution >= 0.6 is 11.3 Å². The van der Waals surface area contributed by atoms with Crippen molar-refractivity contribution < 1.29 is 8.81 Å². The number of thiophene rings is 1.